The maximum Gasteiger partial charge on any atom is 0.500 e. The van der Waals surface area contributed by atoms with Gasteiger partial charge in [0.15, 0.2) is 0 Å². The predicted molar refractivity (Wildman–Crippen MR) is 93.2 cm³/mol. The second-order valence-electron chi connectivity index (χ2n) is 6.34. The van der Waals surface area contributed by atoms with Gasteiger partial charge in [-0.1, -0.05) is 13.1 Å². The van der Waals surface area contributed by atoms with Crippen LogP contribution < -0.4 is 0 Å². The second-order valence-corrected chi connectivity index (χ2v) is 13.8. The van der Waals surface area contributed by atoms with Crippen LogP contribution in [0.25, 0.3) is 0 Å². The van der Waals surface area contributed by atoms with Crippen molar-refractivity contribution in [1.82, 2.24) is 4.57 Å². The van der Waals surface area contributed by atoms with Gasteiger partial charge in [0.05, 0.1) is 0 Å². The fourth-order valence-corrected chi connectivity index (χ4v) is 8.78. The summed E-state index contributed by atoms with van der Waals surface area (Å²) in [7, 11) is -3.48. The highest BCUT2D eigenvalue weighted by atomic mass is 28.4. The zero-order valence-electron chi connectivity index (χ0n) is 14.7. The first-order chi connectivity index (χ1) is 9.99. The Balaban J connectivity index is 2.38. The highest BCUT2D eigenvalue weighted by Gasteiger charge is 2.40. The number of hydrogen-bond donors (Lipinski definition) is 0. The molecule has 0 amide bonds. The molecular formula is C15H35NO3Si2. The lowest BCUT2D eigenvalue weighted by molar-refractivity contribution is 0.0706. The third-order valence-electron chi connectivity index (χ3n) is 4.33. The van der Waals surface area contributed by atoms with Crippen LogP contribution in [0.1, 0.15) is 40.0 Å². The van der Waals surface area contributed by atoms with Crippen LogP contribution in [0.4, 0.5) is 0 Å². The molecule has 0 aromatic carbocycles. The fourth-order valence-electron chi connectivity index (χ4n) is 3.22. The van der Waals surface area contributed by atoms with Gasteiger partial charge < -0.3 is 17.8 Å². The van der Waals surface area contributed by atoms with Crippen molar-refractivity contribution >= 4 is 17.0 Å². The van der Waals surface area contributed by atoms with E-state index >= 15 is 0 Å². The Morgan fingerprint density at radius 1 is 0.952 bits per heavy atom. The smallest absolute Gasteiger partial charge is 0.374 e. The molecule has 126 valence electrons. The van der Waals surface area contributed by atoms with Crippen LogP contribution in [0, 0.1) is 0 Å². The van der Waals surface area contributed by atoms with Crippen molar-refractivity contribution < 1.29 is 13.3 Å². The Kier molecular flexibility index (Phi) is 8.67. The van der Waals surface area contributed by atoms with Gasteiger partial charge in [-0.25, -0.2) is 0 Å². The maximum atomic E-state index is 5.91. The highest BCUT2D eigenvalue weighted by Crippen LogP contribution is 2.26. The summed E-state index contributed by atoms with van der Waals surface area (Å²) in [5.74, 6) is 0. The average Bonchev–Trinajstić information content (AvgIpc) is 2.75. The molecular weight excluding hydrogens is 298 g/mol. The third-order valence-corrected chi connectivity index (χ3v) is 11.2. The van der Waals surface area contributed by atoms with Crippen molar-refractivity contribution in [3.05, 3.63) is 0 Å². The molecule has 1 saturated heterocycles. The van der Waals surface area contributed by atoms with Gasteiger partial charge in [-0.05, 0) is 59.2 Å². The largest absolute Gasteiger partial charge is 0.500 e. The molecule has 6 heteroatoms. The summed E-state index contributed by atoms with van der Waals surface area (Å²) in [6.07, 6.45) is 3.78. The summed E-state index contributed by atoms with van der Waals surface area (Å²) in [4.78, 5) is 0. The minimum absolute atomic E-state index is 0.679. The molecule has 0 atom stereocenters. The first-order valence-electron chi connectivity index (χ1n) is 8.66. The van der Waals surface area contributed by atoms with Crippen LogP contribution in [0.3, 0.4) is 0 Å². The third kappa shape index (κ3) is 6.11. The van der Waals surface area contributed by atoms with Gasteiger partial charge in [0.1, 0.15) is 8.24 Å². The molecule has 0 aliphatic carbocycles. The van der Waals surface area contributed by atoms with Crippen molar-refractivity contribution in [2.75, 3.05) is 32.9 Å². The molecule has 4 nitrogen and oxygen atoms in total. The van der Waals surface area contributed by atoms with Crippen molar-refractivity contribution in [3.8, 4) is 0 Å². The zero-order valence-corrected chi connectivity index (χ0v) is 16.7. The molecule has 0 saturated carbocycles. The van der Waals surface area contributed by atoms with Gasteiger partial charge in [0, 0.05) is 25.9 Å². The highest BCUT2D eigenvalue weighted by molar-refractivity contribution is 6.75. The van der Waals surface area contributed by atoms with Gasteiger partial charge in [-0.2, -0.15) is 0 Å². The molecule has 1 rings (SSSR count). The molecule has 0 unspecified atom stereocenters. The van der Waals surface area contributed by atoms with Crippen LogP contribution in [0.2, 0.25) is 25.2 Å². The standard InChI is InChI=1S/C15H35NO3Si2/c1-6-17-21(18-7-2,19-8-3)15-10-9-12-16-13-11-14-20(16,4)5/h6-15H2,1-5H3. The van der Waals surface area contributed by atoms with E-state index in [2.05, 4.69) is 17.7 Å². The topological polar surface area (TPSA) is 30.9 Å². The summed E-state index contributed by atoms with van der Waals surface area (Å²) in [6, 6.07) is 2.42. The monoisotopic (exact) mass is 333 g/mol. The Hall–Kier alpha value is 0.274. The fraction of sp³-hybridized carbons (Fsp3) is 1.00. The summed E-state index contributed by atoms with van der Waals surface area (Å²) in [6.45, 7) is 15.7. The molecule has 0 radical (unpaired) electrons. The zero-order chi connectivity index (χ0) is 15.8. The van der Waals surface area contributed by atoms with E-state index < -0.39 is 17.0 Å². The summed E-state index contributed by atoms with van der Waals surface area (Å²) >= 11 is 0. The van der Waals surface area contributed by atoms with Crippen molar-refractivity contribution in [2.45, 2.75) is 65.2 Å². The molecule has 0 bridgehead atoms. The molecule has 21 heavy (non-hydrogen) atoms. The lowest BCUT2D eigenvalue weighted by atomic mass is 10.3. The summed E-state index contributed by atoms with van der Waals surface area (Å²) in [5.41, 5.74) is 0. The van der Waals surface area contributed by atoms with E-state index in [1.54, 1.807) is 0 Å². The first-order valence-corrected chi connectivity index (χ1v) is 13.7. The SMILES string of the molecule is CCO[Si](CCCCN1CCC[Si]1(C)C)(OCC)OCC. The molecule has 0 aromatic rings. The number of rotatable bonds is 11. The number of hydrogen-bond acceptors (Lipinski definition) is 4. The minimum atomic E-state index is -2.42. The van der Waals surface area contributed by atoms with Gasteiger partial charge in [0.25, 0.3) is 0 Å². The van der Waals surface area contributed by atoms with Crippen LogP contribution in [0.15, 0.2) is 0 Å². The van der Waals surface area contributed by atoms with Gasteiger partial charge in [-0.3, -0.25) is 0 Å². The van der Waals surface area contributed by atoms with Crippen molar-refractivity contribution in [1.29, 1.82) is 0 Å². The average molecular weight is 334 g/mol. The van der Waals surface area contributed by atoms with Crippen LogP contribution in [0.5, 0.6) is 0 Å². The first kappa shape index (κ1) is 19.3. The van der Waals surface area contributed by atoms with Gasteiger partial charge >= 0.3 is 8.80 Å². The minimum Gasteiger partial charge on any atom is -0.374 e. The summed E-state index contributed by atoms with van der Waals surface area (Å²) in [5, 5.41) is 0. The summed E-state index contributed by atoms with van der Waals surface area (Å²) < 4.78 is 20.5. The maximum absolute atomic E-state index is 5.91. The van der Waals surface area contributed by atoms with Crippen LogP contribution >= 0.6 is 0 Å². The van der Waals surface area contributed by atoms with Gasteiger partial charge in [-0.15, -0.1) is 0 Å². The van der Waals surface area contributed by atoms with E-state index in [0.29, 0.717) is 19.8 Å². The Labute approximate surface area is 133 Å². The molecule has 0 aromatic heterocycles. The number of unbranched alkanes of at least 4 members (excludes halogenated alkanes) is 1. The quantitative estimate of drug-likeness (QED) is 0.426. The van der Waals surface area contributed by atoms with Crippen LogP contribution in [-0.4, -0.2) is 54.5 Å². The van der Waals surface area contributed by atoms with Crippen molar-refractivity contribution in [3.63, 3.8) is 0 Å². The Bertz CT molecular complexity index is 273. The molecule has 1 fully saturated rings. The van der Waals surface area contributed by atoms with E-state index in [1.165, 1.54) is 32.0 Å². The Morgan fingerprint density at radius 2 is 1.52 bits per heavy atom. The molecule has 1 heterocycles. The lowest BCUT2D eigenvalue weighted by Gasteiger charge is -2.31. The molecule has 1 aliphatic rings. The van der Waals surface area contributed by atoms with E-state index in [-0.39, 0.29) is 0 Å². The Morgan fingerprint density at radius 3 is 1.95 bits per heavy atom. The second kappa shape index (κ2) is 9.42. The van der Waals surface area contributed by atoms with Crippen molar-refractivity contribution in [2.24, 2.45) is 0 Å². The predicted octanol–water partition coefficient (Wildman–Crippen LogP) is 3.73. The van der Waals surface area contributed by atoms with E-state index in [4.69, 9.17) is 13.3 Å². The molecule has 1 aliphatic heterocycles. The van der Waals surface area contributed by atoms with E-state index in [0.717, 1.165) is 12.5 Å². The number of nitrogens with zero attached hydrogens (tertiary/aromatic N) is 1. The molecule has 0 N–H and O–H groups in total. The molecule has 0 spiro atoms. The lowest BCUT2D eigenvalue weighted by Crippen LogP contribution is -2.46. The normalized spacial score (nSPS) is 19.3. The van der Waals surface area contributed by atoms with E-state index in [9.17, 15) is 0 Å². The van der Waals surface area contributed by atoms with Gasteiger partial charge in [0.2, 0.25) is 0 Å². The van der Waals surface area contributed by atoms with Crippen LogP contribution in [-0.2, 0) is 13.3 Å². The van der Waals surface area contributed by atoms with E-state index in [1.807, 2.05) is 20.8 Å².